The van der Waals surface area contributed by atoms with E-state index in [9.17, 15) is 14.7 Å². The molecule has 0 bridgehead atoms. The summed E-state index contributed by atoms with van der Waals surface area (Å²) in [4.78, 5) is 36.6. The van der Waals surface area contributed by atoms with Gasteiger partial charge in [0.15, 0.2) is 5.17 Å². The molecule has 3 rings (SSSR count). The van der Waals surface area contributed by atoms with Crippen LogP contribution in [0.5, 0.6) is 5.88 Å². The zero-order chi connectivity index (χ0) is 27.8. The minimum atomic E-state index is -1.35. The summed E-state index contributed by atoms with van der Waals surface area (Å²) >= 11 is 1.09. The Morgan fingerprint density at radius 1 is 1.35 bits per heavy atom. The van der Waals surface area contributed by atoms with Gasteiger partial charge < -0.3 is 19.3 Å². The van der Waals surface area contributed by atoms with Crippen molar-refractivity contribution in [3.63, 3.8) is 0 Å². The topological polar surface area (TPSA) is 111 Å². The third-order valence-corrected chi connectivity index (χ3v) is 9.65. The standard InChI is InChI=1S/C26H39N3O6SSi/c1-10-17-13-18(20(33-6)27-15-17)25(5)19-14-26(19,21(30)31)36-22(28-25)29(23(32)35-24(2,3)4)16-34-11-12-37(7,8)9/h10,13,15,19H,1,11-12,14,16H2,2-9H3,(H,30,31). The Balaban J connectivity index is 2.08. The average Bonchev–Trinajstić information content (AvgIpc) is 3.54. The van der Waals surface area contributed by atoms with Crippen LogP contribution in [0, 0.1) is 5.92 Å². The first kappa shape index (κ1) is 29.2. The number of aliphatic carboxylic acids is 1. The number of hydrogen-bond acceptors (Lipinski definition) is 8. The van der Waals surface area contributed by atoms with Crippen LogP contribution < -0.4 is 4.74 Å². The third kappa shape index (κ3) is 6.38. The van der Waals surface area contributed by atoms with E-state index in [0.29, 0.717) is 24.5 Å². The summed E-state index contributed by atoms with van der Waals surface area (Å²) < 4.78 is 16.0. The van der Waals surface area contributed by atoms with Crippen molar-refractivity contribution in [1.29, 1.82) is 0 Å². The first-order valence-electron chi connectivity index (χ1n) is 12.3. The van der Waals surface area contributed by atoms with Crippen molar-refractivity contribution in [1.82, 2.24) is 9.88 Å². The summed E-state index contributed by atoms with van der Waals surface area (Å²) in [5.41, 5.74) is -0.376. The highest BCUT2D eigenvalue weighted by Gasteiger charge is 2.72. The number of amides is 1. The number of carbonyl (C=O) groups is 2. The summed E-state index contributed by atoms with van der Waals surface area (Å²) in [6.07, 6.45) is 3.05. The van der Waals surface area contributed by atoms with Gasteiger partial charge >= 0.3 is 12.1 Å². The van der Waals surface area contributed by atoms with E-state index in [1.807, 2.05) is 13.0 Å². The van der Waals surface area contributed by atoms with Crippen molar-refractivity contribution >= 4 is 43.1 Å². The fourth-order valence-electron chi connectivity index (χ4n) is 4.26. The lowest BCUT2D eigenvalue weighted by atomic mass is 9.86. The highest BCUT2D eigenvalue weighted by atomic mass is 32.2. The molecular formula is C26H39N3O6SSi. The predicted molar refractivity (Wildman–Crippen MR) is 149 cm³/mol. The Labute approximate surface area is 224 Å². The van der Waals surface area contributed by atoms with Crippen molar-refractivity contribution < 1.29 is 28.9 Å². The fraction of sp³-hybridized carbons (Fsp3) is 0.615. The molecule has 1 amide bonds. The Bertz CT molecular complexity index is 1100. The van der Waals surface area contributed by atoms with Gasteiger partial charge in [-0.05, 0) is 51.8 Å². The molecular weight excluding hydrogens is 510 g/mol. The third-order valence-electron chi connectivity index (χ3n) is 6.46. The monoisotopic (exact) mass is 549 g/mol. The number of carboxylic acids is 1. The second-order valence-corrected chi connectivity index (χ2v) is 18.8. The smallest absolute Gasteiger partial charge is 0.418 e. The molecule has 204 valence electrons. The van der Waals surface area contributed by atoms with Gasteiger partial charge in [-0.2, -0.15) is 0 Å². The summed E-state index contributed by atoms with van der Waals surface area (Å²) in [6.45, 7) is 18.2. The summed E-state index contributed by atoms with van der Waals surface area (Å²) in [7, 11) is 0.162. The number of pyridine rings is 1. The van der Waals surface area contributed by atoms with E-state index in [0.717, 1.165) is 23.4 Å². The molecule has 3 unspecified atom stereocenters. The van der Waals surface area contributed by atoms with Crippen molar-refractivity contribution in [2.24, 2.45) is 10.9 Å². The van der Waals surface area contributed by atoms with Gasteiger partial charge in [0.1, 0.15) is 17.1 Å². The Kier molecular flexibility index (Phi) is 8.22. The molecule has 0 saturated heterocycles. The molecule has 11 heteroatoms. The quantitative estimate of drug-likeness (QED) is 0.246. The second-order valence-electron chi connectivity index (χ2n) is 11.9. The van der Waals surface area contributed by atoms with Crippen LogP contribution in [0.4, 0.5) is 4.79 Å². The van der Waals surface area contributed by atoms with Crippen LogP contribution in [0.1, 0.15) is 45.2 Å². The zero-order valence-corrected chi connectivity index (χ0v) is 24.9. The molecule has 2 heterocycles. The van der Waals surface area contributed by atoms with Gasteiger partial charge in [-0.1, -0.05) is 44.1 Å². The highest BCUT2D eigenvalue weighted by molar-refractivity contribution is 8.15. The summed E-state index contributed by atoms with van der Waals surface area (Å²) in [5, 5.41) is 10.5. The second kappa shape index (κ2) is 10.4. The summed E-state index contributed by atoms with van der Waals surface area (Å²) in [6, 6.07) is 2.79. The van der Waals surface area contributed by atoms with Crippen molar-refractivity contribution in [2.75, 3.05) is 20.4 Å². The molecule has 1 saturated carbocycles. The number of aromatic nitrogens is 1. The number of amidine groups is 1. The molecule has 0 spiro atoms. The molecule has 1 N–H and O–H groups in total. The van der Waals surface area contributed by atoms with Crippen molar-refractivity contribution in [2.45, 2.75) is 75.7 Å². The van der Waals surface area contributed by atoms with Gasteiger partial charge in [-0.25, -0.2) is 14.7 Å². The molecule has 1 aromatic rings. The summed E-state index contributed by atoms with van der Waals surface area (Å²) in [5.74, 6) is -0.920. The molecule has 3 atom stereocenters. The van der Waals surface area contributed by atoms with Crippen LogP contribution in [-0.2, 0) is 19.8 Å². The van der Waals surface area contributed by atoms with Crippen molar-refractivity contribution in [3.05, 3.63) is 30.0 Å². The number of carbonyl (C=O) groups excluding carboxylic acids is 1. The molecule has 1 aromatic heterocycles. The molecule has 2 aliphatic rings. The van der Waals surface area contributed by atoms with Gasteiger partial charge in [0.05, 0.1) is 12.6 Å². The van der Waals surface area contributed by atoms with Gasteiger partial charge in [-0.3, -0.25) is 9.79 Å². The Hall–Kier alpha value is -2.37. The van der Waals surface area contributed by atoms with Crippen LogP contribution in [0.3, 0.4) is 0 Å². The molecule has 37 heavy (non-hydrogen) atoms. The normalized spacial score (nSPS) is 25.0. The molecule has 1 aliphatic heterocycles. The molecule has 0 radical (unpaired) electrons. The van der Waals surface area contributed by atoms with E-state index in [1.54, 1.807) is 33.0 Å². The minimum Gasteiger partial charge on any atom is -0.481 e. The number of rotatable bonds is 9. The van der Waals surface area contributed by atoms with Crippen LogP contribution >= 0.6 is 11.8 Å². The Morgan fingerprint density at radius 3 is 2.57 bits per heavy atom. The maximum Gasteiger partial charge on any atom is 0.418 e. The number of hydrogen-bond donors (Lipinski definition) is 1. The van der Waals surface area contributed by atoms with Crippen LogP contribution in [-0.4, -0.2) is 71.1 Å². The van der Waals surface area contributed by atoms with E-state index in [1.165, 1.54) is 12.0 Å². The van der Waals surface area contributed by atoms with Gasteiger partial charge in [0.25, 0.3) is 0 Å². The molecule has 0 aromatic carbocycles. The molecule has 1 fully saturated rings. The highest BCUT2D eigenvalue weighted by Crippen LogP contribution is 2.67. The first-order chi connectivity index (χ1) is 17.1. The lowest BCUT2D eigenvalue weighted by molar-refractivity contribution is -0.137. The van der Waals surface area contributed by atoms with E-state index < -0.39 is 36.0 Å². The zero-order valence-electron chi connectivity index (χ0n) is 23.1. The van der Waals surface area contributed by atoms with Crippen LogP contribution in [0.15, 0.2) is 23.8 Å². The number of nitrogens with zero attached hydrogens (tertiary/aromatic N) is 3. The largest absolute Gasteiger partial charge is 0.481 e. The van der Waals surface area contributed by atoms with E-state index >= 15 is 0 Å². The number of carboxylic acid groups (broad SMARTS) is 1. The van der Waals surface area contributed by atoms with Crippen LogP contribution in [0.25, 0.3) is 6.08 Å². The molecule has 1 aliphatic carbocycles. The number of fused-ring (bicyclic) bond motifs is 1. The lowest BCUT2D eigenvalue weighted by Crippen LogP contribution is -2.47. The van der Waals surface area contributed by atoms with Crippen molar-refractivity contribution in [3.8, 4) is 5.88 Å². The van der Waals surface area contributed by atoms with Gasteiger partial charge in [-0.15, -0.1) is 0 Å². The van der Waals surface area contributed by atoms with E-state index in [-0.39, 0.29) is 17.8 Å². The minimum absolute atomic E-state index is 0.0935. The molecule has 9 nitrogen and oxygen atoms in total. The van der Waals surface area contributed by atoms with Gasteiger partial charge in [0.2, 0.25) is 5.88 Å². The lowest BCUT2D eigenvalue weighted by Gasteiger charge is -2.37. The number of ether oxygens (including phenoxy) is 3. The fourth-order valence-corrected chi connectivity index (χ4v) is 6.52. The van der Waals surface area contributed by atoms with Gasteiger partial charge in [0, 0.05) is 32.4 Å². The van der Waals surface area contributed by atoms with E-state index in [2.05, 4.69) is 31.2 Å². The predicted octanol–water partition coefficient (Wildman–Crippen LogP) is 5.44. The van der Waals surface area contributed by atoms with E-state index in [4.69, 9.17) is 19.2 Å². The number of methoxy groups -OCH3 is 1. The van der Waals surface area contributed by atoms with Crippen LogP contribution in [0.2, 0.25) is 25.7 Å². The SMILES string of the molecule is C=Cc1cnc(OC)c(C2(C)N=C(N(COCC[Si](C)(C)C)C(=O)OC(C)(C)C)SC3(C(=O)O)CC32)c1. The average molecular weight is 550 g/mol. The maximum atomic E-state index is 13.4. The first-order valence-corrected chi connectivity index (χ1v) is 16.9. The Morgan fingerprint density at radius 2 is 2.03 bits per heavy atom. The number of thioether (sulfide) groups is 1. The maximum absolute atomic E-state index is 13.4. The number of aliphatic imine (C=N–C) groups is 1.